The molecule has 0 aliphatic heterocycles. The van der Waals surface area contributed by atoms with Crippen molar-refractivity contribution in [1.82, 2.24) is 19.6 Å². The Morgan fingerprint density at radius 1 is 1.00 bits per heavy atom. The number of rotatable bonds is 1. The minimum atomic E-state index is -0.290. The Bertz CT molecular complexity index is 978. The van der Waals surface area contributed by atoms with E-state index in [1.807, 2.05) is 24.3 Å². The van der Waals surface area contributed by atoms with Gasteiger partial charge < -0.3 is 0 Å². The zero-order chi connectivity index (χ0) is 13.5. The van der Waals surface area contributed by atoms with Crippen LogP contribution in [0.25, 0.3) is 27.5 Å². The van der Waals surface area contributed by atoms with Gasteiger partial charge in [0.1, 0.15) is 0 Å². The summed E-state index contributed by atoms with van der Waals surface area (Å²) < 4.78 is 1.27. The molecule has 5 nitrogen and oxygen atoms in total. The molecule has 0 spiro atoms. The summed E-state index contributed by atoms with van der Waals surface area (Å²) in [5, 5.41) is 6.38. The fraction of sp³-hybridized carbons (Fsp3) is 0. The predicted octanol–water partition coefficient (Wildman–Crippen LogP) is 2.24. The van der Waals surface area contributed by atoms with Crippen LogP contribution < -0.4 is 5.69 Å². The number of H-pyrrole nitrogens is 1. The number of aromatic nitrogens is 4. The molecule has 1 N–H and O–H groups in total. The minimum Gasteiger partial charge on any atom is -0.296 e. The number of fused-ring (bicyclic) bond motifs is 2. The highest BCUT2D eigenvalue weighted by Crippen LogP contribution is 2.29. The van der Waals surface area contributed by atoms with Gasteiger partial charge in [0.05, 0.1) is 12.5 Å². The van der Waals surface area contributed by atoms with Crippen LogP contribution in [0.4, 0.5) is 0 Å². The first-order valence-electron chi connectivity index (χ1n) is 6.24. The van der Waals surface area contributed by atoms with Crippen LogP contribution in [0.15, 0.2) is 59.8 Å². The monoisotopic (exact) mass is 262 g/mol. The maximum atomic E-state index is 11.7. The number of nitrogens with zero attached hydrogens (tertiary/aromatic N) is 3. The van der Waals surface area contributed by atoms with E-state index in [2.05, 4.69) is 33.3 Å². The van der Waals surface area contributed by atoms with Crippen molar-refractivity contribution in [3.8, 4) is 11.1 Å². The molecule has 0 fully saturated rings. The van der Waals surface area contributed by atoms with Crippen molar-refractivity contribution in [2.24, 2.45) is 0 Å². The van der Waals surface area contributed by atoms with Gasteiger partial charge in [0.2, 0.25) is 0 Å². The van der Waals surface area contributed by atoms with E-state index >= 15 is 0 Å². The third kappa shape index (κ3) is 1.46. The van der Waals surface area contributed by atoms with Crippen molar-refractivity contribution < 1.29 is 0 Å². The standard InChI is InChI=1S/C15H10N4O/c20-15-17-9-16-14-13(8-18-19(14)15)12-7-3-5-10-4-1-2-6-11(10)12/h1-9H,(H,16,17,20). The second-order valence-corrected chi connectivity index (χ2v) is 4.53. The molecule has 0 aliphatic rings. The molecule has 0 amide bonds. The fourth-order valence-corrected chi connectivity index (χ4v) is 2.47. The Morgan fingerprint density at radius 3 is 2.80 bits per heavy atom. The van der Waals surface area contributed by atoms with Crippen LogP contribution in [0.3, 0.4) is 0 Å². The zero-order valence-electron chi connectivity index (χ0n) is 10.4. The lowest BCUT2D eigenvalue weighted by Gasteiger charge is -2.04. The van der Waals surface area contributed by atoms with Gasteiger partial charge in [-0.05, 0) is 16.3 Å². The van der Waals surface area contributed by atoms with E-state index < -0.39 is 0 Å². The Balaban J connectivity index is 2.12. The van der Waals surface area contributed by atoms with Crippen LogP contribution in [0, 0.1) is 0 Å². The molecule has 2 heterocycles. The second-order valence-electron chi connectivity index (χ2n) is 4.53. The third-order valence-corrected chi connectivity index (χ3v) is 3.39. The van der Waals surface area contributed by atoms with Crippen molar-refractivity contribution in [2.45, 2.75) is 0 Å². The zero-order valence-corrected chi connectivity index (χ0v) is 10.4. The molecular weight excluding hydrogens is 252 g/mol. The average molecular weight is 262 g/mol. The Kier molecular flexibility index (Phi) is 2.20. The highest BCUT2D eigenvalue weighted by atomic mass is 16.1. The summed E-state index contributed by atoms with van der Waals surface area (Å²) in [6, 6.07) is 14.2. The first-order chi connectivity index (χ1) is 9.84. The maximum Gasteiger partial charge on any atom is 0.349 e. The van der Waals surface area contributed by atoms with Gasteiger partial charge in [0, 0.05) is 5.56 Å². The Morgan fingerprint density at radius 2 is 1.85 bits per heavy atom. The Hall–Kier alpha value is -2.95. The van der Waals surface area contributed by atoms with Gasteiger partial charge in [0.25, 0.3) is 0 Å². The van der Waals surface area contributed by atoms with Crippen LogP contribution in [-0.4, -0.2) is 19.6 Å². The third-order valence-electron chi connectivity index (χ3n) is 3.39. The number of hydrogen-bond donors (Lipinski definition) is 1. The van der Waals surface area contributed by atoms with E-state index in [-0.39, 0.29) is 5.69 Å². The molecule has 4 aromatic rings. The molecular formula is C15H10N4O. The van der Waals surface area contributed by atoms with Gasteiger partial charge in [-0.1, -0.05) is 42.5 Å². The van der Waals surface area contributed by atoms with Crippen LogP contribution in [0.5, 0.6) is 0 Å². The van der Waals surface area contributed by atoms with E-state index in [0.717, 1.165) is 21.9 Å². The van der Waals surface area contributed by atoms with E-state index in [0.29, 0.717) is 5.65 Å². The highest BCUT2D eigenvalue weighted by Gasteiger charge is 2.11. The van der Waals surface area contributed by atoms with Crippen molar-refractivity contribution in [3.63, 3.8) is 0 Å². The average Bonchev–Trinajstić information content (AvgIpc) is 2.92. The molecule has 0 aliphatic carbocycles. The van der Waals surface area contributed by atoms with Crippen molar-refractivity contribution in [2.75, 3.05) is 0 Å². The van der Waals surface area contributed by atoms with Gasteiger partial charge in [-0.25, -0.2) is 9.78 Å². The molecule has 0 saturated heterocycles. The first-order valence-corrected chi connectivity index (χ1v) is 6.24. The lowest BCUT2D eigenvalue weighted by Crippen LogP contribution is -2.17. The first kappa shape index (κ1) is 10.9. The summed E-state index contributed by atoms with van der Waals surface area (Å²) in [6.45, 7) is 0. The SMILES string of the molecule is O=c1[nH]cnc2c(-c3cccc4ccccc34)cnn12. The molecule has 0 bridgehead atoms. The summed E-state index contributed by atoms with van der Waals surface area (Å²) in [7, 11) is 0. The predicted molar refractivity (Wildman–Crippen MR) is 76.5 cm³/mol. The molecule has 0 saturated carbocycles. The number of hydrogen-bond acceptors (Lipinski definition) is 3. The van der Waals surface area contributed by atoms with Crippen LogP contribution in [0.2, 0.25) is 0 Å². The molecule has 2 aromatic carbocycles. The molecule has 0 unspecified atom stereocenters. The highest BCUT2D eigenvalue weighted by molar-refractivity contribution is 5.99. The number of nitrogens with one attached hydrogen (secondary N) is 1. The van der Waals surface area contributed by atoms with Gasteiger partial charge in [-0.15, -0.1) is 0 Å². The lowest BCUT2D eigenvalue weighted by atomic mass is 10.0. The van der Waals surface area contributed by atoms with Gasteiger partial charge in [0.15, 0.2) is 5.65 Å². The lowest BCUT2D eigenvalue weighted by molar-refractivity contribution is 0.840. The quantitative estimate of drug-likeness (QED) is 0.572. The molecule has 2 aromatic heterocycles. The molecule has 5 heteroatoms. The summed E-state index contributed by atoms with van der Waals surface area (Å²) in [4.78, 5) is 18.4. The van der Waals surface area contributed by atoms with E-state index in [1.54, 1.807) is 6.20 Å². The molecule has 0 radical (unpaired) electrons. The summed E-state index contributed by atoms with van der Waals surface area (Å²) in [5.41, 5.74) is 2.15. The molecule has 4 rings (SSSR count). The van der Waals surface area contributed by atoms with E-state index in [4.69, 9.17) is 0 Å². The fourth-order valence-electron chi connectivity index (χ4n) is 2.47. The van der Waals surface area contributed by atoms with E-state index in [9.17, 15) is 4.79 Å². The minimum absolute atomic E-state index is 0.290. The maximum absolute atomic E-state index is 11.7. The van der Waals surface area contributed by atoms with Crippen LogP contribution >= 0.6 is 0 Å². The topological polar surface area (TPSA) is 63.0 Å². The second kappa shape index (κ2) is 4.03. The molecule has 0 atom stereocenters. The van der Waals surface area contributed by atoms with Crippen LogP contribution in [0.1, 0.15) is 0 Å². The van der Waals surface area contributed by atoms with Crippen molar-refractivity contribution in [1.29, 1.82) is 0 Å². The Labute approximate surface area is 113 Å². The van der Waals surface area contributed by atoms with Gasteiger partial charge >= 0.3 is 5.69 Å². The molecule has 96 valence electrons. The van der Waals surface area contributed by atoms with E-state index in [1.165, 1.54) is 10.8 Å². The summed E-state index contributed by atoms with van der Waals surface area (Å²) in [6.07, 6.45) is 3.08. The number of benzene rings is 2. The van der Waals surface area contributed by atoms with Crippen molar-refractivity contribution >= 4 is 16.4 Å². The molecule has 20 heavy (non-hydrogen) atoms. The smallest absolute Gasteiger partial charge is 0.296 e. The van der Waals surface area contributed by atoms with Gasteiger partial charge in [-0.3, -0.25) is 4.98 Å². The summed E-state index contributed by atoms with van der Waals surface area (Å²) in [5.74, 6) is 0. The van der Waals surface area contributed by atoms with Crippen LogP contribution in [-0.2, 0) is 0 Å². The normalized spacial score (nSPS) is 11.2. The summed E-state index contributed by atoms with van der Waals surface area (Å²) >= 11 is 0. The largest absolute Gasteiger partial charge is 0.349 e. The number of aromatic amines is 1. The van der Waals surface area contributed by atoms with Gasteiger partial charge in [-0.2, -0.15) is 9.61 Å². The van der Waals surface area contributed by atoms with Crippen molar-refractivity contribution in [3.05, 3.63) is 65.5 Å².